The van der Waals surface area contributed by atoms with Crippen LogP contribution in [0.4, 0.5) is 17.6 Å². The molecule has 0 atom stereocenters. The summed E-state index contributed by atoms with van der Waals surface area (Å²) in [7, 11) is -4.60. The first-order valence-electron chi connectivity index (χ1n) is 11.4. The summed E-state index contributed by atoms with van der Waals surface area (Å²) in [5.74, 6) is -5.67. The average Bonchev–Trinajstić information content (AvgIpc) is 2.89. The summed E-state index contributed by atoms with van der Waals surface area (Å²) in [5, 5.41) is 6.82. The Labute approximate surface area is 246 Å². The Morgan fingerprint density at radius 2 is 1.81 bits per heavy atom. The van der Waals surface area contributed by atoms with Crippen LogP contribution in [0.25, 0.3) is 0 Å². The molecule has 0 saturated carbocycles. The van der Waals surface area contributed by atoms with Gasteiger partial charge in [0.15, 0.2) is 16.5 Å². The molecular weight excluding hydrogens is 635 g/mol. The van der Waals surface area contributed by atoms with Crippen LogP contribution in [0.15, 0.2) is 47.8 Å². The van der Waals surface area contributed by atoms with Crippen LogP contribution in [-0.4, -0.2) is 48.2 Å². The highest BCUT2D eigenvalue weighted by Crippen LogP contribution is 2.40. The zero-order chi connectivity index (χ0) is 31.8. The summed E-state index contributed by atoms with van der Waals surface area (Å²) in [5.41, 5.74) is 4.99. The van der Waals surface area contributed by atoms with E-state index < -0.39 is 50.1 Å². The number of hydrogen-bond acceptors (Lipinski definition) is 8. The number of amides is 1. The molecule has 0 unspecified atom stereocenters. The number of nitrogens with two attached hydrogens (primary N) is 1. The zero-order valence-corrected chi connectivity index (χ0v) is 23.9. The third-order valence-electron chi connectivity index (χ3n) is 4.65. The molecule has 1 amide bonds. The van der Waals surface area contributed by atoms with Crippen LogP contribution in [0, 0.1) is 11.7 Å². The van der Waals surface area contributed by atoms with Crippen LogP contribution in [0.1, 0.15) is 29.8 Å². The van der Waals surface area contributed by atoms with Crippen molar-refractivity contribution in [2.45, 2.75) is 31.5 Å². The lowest BCUT2D eigenvalue weighted by Gasteiger charge is -2.17. The van der Waals surface area contributed by atoms with Crippen molar-refractivity contribution in [2.24, 2.45) is 11.7 Å². The molecule has 2 aromatic heterocycles. The highest BCUT2D eigenvalue weighted by atomic mass is 35.5. The number of ether oxygens (including phenoxy) is 2. The van der Waals surface area contributed by atoms with E-state index in [1.807, 2.05) is 13.8 Å². The first-order valence-corrected chi connectivity index (χ1v) is 13.6. The SMILES string of the molecule is CC(C)COc1ncc(Oc2c(Cl)cc(C(N)=O)c(F)c2S(=O)(=O)NCc2cccnc2)cc1Cl.O=C(O)C(F)(F)F. The number of carboxylic acid groups (broad SMARTS) is 1. The number of benzene rings is 1. The van der Waals surface area contributed by atoms with Crippen molar-refractivity contribution in [1.82, 2.24) is 14.7 Å². The van der Waals surface area contributed by atoms with Crippen LogP contribution in [0.2, 0.25) is 10.0 Å². The molecule has 3 aromatic rings. The van der Waals surface area contributed by atoms with E-state index in [-0.39, 0.29) is 34.1 Å². The molecule has 3 rings (SSSR count). The molecule has 0 spiro atoms. The summed E-state index contributed by atoms with van der Waals surface area (Å²) < 4.78 is 86.6. The van der Waals surface area contributed by atoms with Crippen molar-refractivity contribution < 1.29 is 50.1 Å². The number of nitrogens with zero attached hydrogens (tertiary/aromatic N) is 2. The van der Waals surface area contributed by atoms with E-state index in [1.165, 1.54) is 24.7 Å². The fraction of sp³-hybridized carbons (Fsp3) is 0.250. The van der Waals surface area contributed by atoms with Gasteiger partial charge in [-0.2, -0.15) is 13.2 Å². The minimum absolute atomic E-state index is 0.0521. The third kappa shape index (κ3) is 9.68. The van der Waals surface area contributed by atoms with Gasteiger partial charge in [0.1, 0.15) is 10.8 Å². The lowest BCUT2D eigenvalue weighted by Crippen LogP contribution is -2.26. The minimum Gasteiger partial charge on any atom is -0.476 e. The maximum atomic E-state index is 15.3. The van der Waals surface area contributed by atoms with Crippen LogP contribution in [0.5, 0.6) is 17.4 Å². The molecule has 0 radical (unpaired) electrons. The summed E-state index contributed by atoms with van der Waals surface area (Å²) in [6.07, 6.45) is -0.936. The zero-order valence-electron chi connectivity index (χ0n) is 21.6. The van der Waals surface area contributed by atoms with Crippen LogP contribution < -0.4 is 19.9 Å². The van der Waals surface area contributed by atoms with Gasteiger partial charge in [0.2, 0.25) is 15.9 Å². The van der Waals surface area contributed by atoms with Crippen LogP contribution in [-0.2, 0) is 21.4 Å². The number of pyridine rings is 2. The van der Waals surface area contributed by atoms with Gasteiger partial charge in [-0.1, -0.05) is 43.1 Å². The first-order chi connectivity index (χ1) is 19.4. The number of aromatic nitrogens is 2. The first kappa shape index (κ1) is 34.5. The second-order valence-electron chi connectivity index (χ2n) is 8.50. The summed E-state index contributed by atoms with van der Waals surface area (Å²) in [6, 6.07) is 5.41. The second-order valence-corrected chi connectivity index (χ2v) is 11.0. The molecule has 0 bridgehead atoms. The molecule has 42 heavy (non-hydrogen) atoms. The van der Waals surface area contributed by atoms with Gasteiger partial charge < -0.3 is 20.3 Å². The van der Waals surface area contributed by atoms with E-state index in [0.29, 0.717) is 12.2 Å². The van der Waals surface area contributed by atoms with Gasteiger partial charge in [-0.05, 0) is 23.6 Å². The number of halogens is 6. The molecule has 0 aliphatic carbocycles. The van der Waals surface area contributed by atoms with Crippen molar-refractivity contribution in [3.8, 4) is 17.4 Å². The van der Waals surface area contributed by atoms with Crippen LogP contribution in [0.3, 0.4) is 0 Å². The van der Waals surface area contributed by atoms with E-state index in [9.17, 15) is 26.4 Å². The molecular formula is C24H22Cl2F4N4O7S. The number of carbonyl (C=O) groups is 2. The van der Waals surface area contributed by atoms with E-state index >= 15 is 4.39 Å². The molecule has 0 aliphatic rings. The third-order valence-corrected chi connectivity index (χ3v) is 6.63. The summed E-state index contributed by atoms with van der Waals surface area (Å²) in [4.78, 5) is 27.5. The molecule has 18 heteroatoms. The molecule has 11 nitrogen and oxygen atoms in total. The minimum atomic E-state index is -5.08. The fourth-order valence-corrected chi connectivity index (χ4v) is 4.54. The van der Waals surface area contributed by atoms with E-state index in [2.05, 4.69) is 14.7 Å². The number of primary amides is 1. The highest BCUT2D eigenvalue weighted by molar-refractivity contribution is 7.89. The Morgan fingerprint density at radius 1 is 1.17 bits per heavy atom. The molecule has 0 saturated heterocycles. The second kappa shape index (κ2) is 14.4. The number of nitrogens with one attached hydrogen (secondary N) is 1. The van der Waals surface area contributed by atoms with Gasteiger partial charge in [-0.15, -0.1) is 0 Å². The number of carbonyl (C=O) groups excluding carboxylic acids is 1. The largest absolute Gasteiger partial charge is 0.490 e. The van der Waals surface area contributed by atoms with E-state index in [1.54, 1.807) is 12.1 Å². The number of rotatable bonds is 10. The van der Waals surface area contributed by atoms with Gasteiger partial charge in [0, 0.05) is 25.0 Å². The Bertz CT molecular complexity index is 1540. The van der Waals surface area contributed by atoms with Gasteiger partial charge in [0.25, 0.3) is 5.91 Å². The van der Waals surface area contributed by atoms with E-state index in [4.69, 9.17) is 48.3 Å². The average molecular weight is 657 g/mol. The van der Waals surface area contributed by atoms with Crippen molar-refractivity contribution in [1.29, 1.82) is 0 Å². The quantitative estimate of drug-likeness (QED) is 0.255. The molecule has 1 aromatic carbocycles. The monoisotopic (exact) mass is 656 g/mol. The lowest BCUT2D eigenvalue weighted by atomic mass is 10.2. The number of hydrogen-bond donors (Lipinski definition) is 3. The maximum Gasteiger partial charge on any atom is 0.490 e. The summed E-state index contributed by atoms with van der Waals surface area (Å²) >= 11 is 12.4. The molecule has 228 valence electrons. The number of alkyl halides is 3. The Morgan fingerprint density at radius 3 is 2.31 bits per heavy atom. The number of aliphatic carboxylic acids is 1. The van der Waals surface area contributed by atoms with Gasteiger partial charge in [-0.3, -0.25) is 9.78 Å². The molecule has 4 N–H and O–H groups in total. The maximum absolute atomic E-state index is 15.3. The standard InChI is InChI=1S/C22H21Cl2FN4O5S.C2HF3O2/c1-12(2)11-33-22-17(24)6-14(10-28-22)34-19-16(23)7-15(21(26)30)18(25)20(19)35(31,32)29-9-13-4-3-5-27-8-13;3-2(4,5)1(6)7/h3-8,10,12,29H,9,11H2,1-2H3,(H2,26,30);(H,6,7). The molecule has 2 heterocycles. The van der Waals surface area contributed by atoms with Crippen LogP contribution >= 0.6 is 23.2 Å². The molecule has 0 aliphatic heterocycles. The highest BCUT2D eigenvalue weighted by Gasteiger charge is 2.38. The predicted octanol–water partition coefficient (Wildman–Crippen LogP) is 4.96. The number of sulfonamides is 1. The lowest BCUT2D eigenvalue weighted by molar-refractivity contribution is -0.192. The molecule has 0 fully saturated rings. The Balaban J connectivity index is 0.000000782. The van der Waals surface area contributed by atoms with Gasteiger partial charge in [0.05, 0.1) is 23.4 Å². The fourth-order valence-electron chi connectivity index (χ4n) is 2.79. The smallest absolute Gasteiger partial charge is 0.476 e. The van der Waals surface area contributed by atoms with Gasteiger partial charge in [-0.25, -0.2) is 27.3 Å². The van der Waals surface area contributed by atoms with Crippen molar-refractivity contribution >= 4 is 45.1 Å². The Kier molecular flexibility index (Phi) is 11.9. The van der Waals surface area contributed by atoms with Gasteiger partial charge >= 0.3 is 12.1 Å². The Hall–Kier alpha value is -3.73. The normalized spacial score (nSPS) is 11.5. The van der Waals surface area contributed by atoms with Crippen molar-refractivity contribution in [3.63, 3.8) is 0 Å². The number of carboxylic acids is 1. The topological polar surface area (TPSA) is 171 Å². The van der Waals surface area contributed by atoms with Crippen molar-refractivity contribution in [2.75, 3.05) is 6.61 Å². The van der Waals surface area contributed by atoms with Crippen molar-refractivity contribution in [3.05, 3.63) is 69.8 Å². The predicted molar refractivity (Wildman–Crippen MR) is 142 cm³/mol. The summed E-state index contributed by atoms with van der Waals surface area (Å²) in [6.45, 7) is 4.04. The van der Waals surface area contributed by atoms with E-state index in [0.717, 1.165) is 6.07 Å².